The fourth-order valence-electron chi connectivity index (χ4n) is 1.75. The maximum Gasteiger partial charge on any atom is 0.184 e. The van der Waals surface area contributed by atoms with E-state index >= 15 is 0 Å². The lowest BCUT2D eigenvalue weighted by Gasteiger charge is -1.91. The third-order valence-corrected chi connectivity index (χ3v) is 2.60. The number of hydrogen-bond acceptors (Lipinski definition) is 1. The third-order valence-electron chi connectivity index (χ3n) is 2.60. The first kappa shape index (κ1) is 9.00. The first-order valence-corrected chi connectivity index (χ1v) is 4.66. The second kappa shape index (κ2) is 2.98. The van der Waals surface area contributed by atoms with Crippen molar-refractivity contribution < 1.29 is 0 Å². The molecule has 0 N–H and O–H groups in total. The second-order valence-electron chi connectivity index (χ2n) is 3.75. The van der Waals surface area contributed by atoms with Gasteiger partial charge in [-0.05, 0) is 48.6 Å². The monoisotopic (exact) mass is 187 g/mol. The number of nitrogens with zero attached hydrogens (tertiary/aromatic N) is 1. The van der Waals surface area contributed by atoms with E-state index in [1.165, 1.54) is 0 Å². The predicted molar refractivity (Wildman–Crippen MR) is 58.7 cm³/mol. The van der Waals surface area contributed by atoms with Gasteiger partial charge in [-0.15, -0.1) is 0 Å². The maximum atomic E-state index is 11.7. The van der Waals surface area contributed by atoms with Gasteiger partial charge in [0.25, 0.3) is 0 Å². The van der Waals surface area contributed by atoms with Crippen molar-refractivity contribution in [3.63, 3.8) is 0 Å². The Morgan fingerprint density at radius 1 is 1.14 bits per heavy atom. The highest BCUT2D eigenvalue weighted by Crippen LogP contribution is 2.14. The highest BCUT2D eigenvalue weighted by atomic mass is 16.1. The van der Waals surface area contributed by atoms with Crippen LogP contribution in [0.5, 0.6) is 0 Å². The minimum Gasteiger partial charge on any atom is -0.351 e. The third kappa shape index (κ3) is 1.23. The van der Waals surface area contributed by atoms with Crippen LogP contribution in [0.1, 0.15) is 11.1 Å². The average molecular weight is 187 g/mol. The maximum absolute atomic E-state index is 11.7. The van der Waals surface area contributed by atoms with Gasteiger partial charge >= 0.3 is 0 Å². The van der Waals surface area contributed by atoms with Crippen molar-refractivity contribution in [2.24, 2.45) is 7.05 Å². The van der Waals surface area contributed by atoms with Crippen LogP contribution in [0.2, 0.25) is 0 Å². The molecule has 2 heteroatoms. The summed E-state index contributed by atoms with van der Waals surface area (Å²) in [6.07, 6.45) is 2.01. The SMILES string of the molecule is Cc1cc2ccn(C)c2cc(C)c1=O. The zero-order valence-corrected chi connectivity index (χ0v) is 8.66. The lowest BCUT2D eigenvalue weighted by molar-refractivity contribution is 0.969. The van der Waals surface area contributed by atoms with Gasteiger partial charge in [0.15, 0.2) is 5.43 Å². The summed E-state index contributed by atoms with van der Waals surface area (Å²) in [6, 6.07) is 5.93. The first-order valence-electron chi connectivity index (χ1n) is 4.66. The molecule has 72 valence electrons. The van der Waals surface area contributed by atoms with Gasteiger partial charge in [-0.2, -0.15) is 0 Å². The van der Waals surface area contributed by atoms with Crippen LogP contribution in [0.4, 0.5) is 0 Å². The van der Waals surface area contributed by atoms with Crippen LogP contribution < -0.4 is 5.43 Å². The van der Waals surface area contributed by atoms with E-state index in [1.54, 1.807) is 0 Å². The summed E-state index contributed by atoms with van der Waals surface area (Å²) in [6.45, 7) is 3.73. The molecule has 1 heterocycles. The zero-order valence-electron chi connectivity index (χ0n) is 8.66. The molecule has 0 unspecified atom stereocenters. The van der Waals surface area contributed by atoms with Crippen molar-refractivity contribution in [3.8, 4) is 0 Å². The van der Waals surface area contributed by atoms with E-state index in [4.69, 9.17) is 0 Å². The summed E-state index contributed by atoms with van der Waals surface area (Å²) < 4.78 is 2.03. The number of hydrogen-bond donors (Lipinski definition) is 0. The summed E-state index contributed by atoms with van der Waals surface area (Å²) in [7, 11) is 1.99. The van der Waals surface area contributed by atoms with E-state index in [0.29, 0.717) is 0 Å². The van der Waals surface area contributed by atoms with Crippen LogP contribution in [0, 0.1) is 13.8 Å². The van der Waals surface area contributed by atoms with Gasteiger partial charge in [0.1, 0.15) is 0 Å². The van der Waals surface area contributed by atoms with Crippen molar-refractivity contribution in [2.45, 2.75) is 13.8 Å². The molecule has 0 aliphatic rings. The van der Waals surface area contributed by atoms with Crippen molar-refractivity contribution in [3.05, 3.63) is 45.7 Å². The van der Waals surface area contributed by atoms with Crippen molar-refractivity contribution in [1.29, 1.82) is 0 Å². The molecule has 0 fully saturated rings. The molecule has 0 amide bonds. The molecule has 2 nitrogen and oxygen atoms in total. The second-order valence-corrected chi connectivity index (χ2v) is 3.75. The van der Waals surface area contributed by atoms with Gasteiger partial charge in [0.2, 0.25) is 0 Å². The van der Waals surface area contributed by atoms with Crippen LogP contribution in [-0.2, 0) is 7.05 Å². The molecule has 2 rings (SSSR count). The Hall–Kier alpha value is -1.57. The smallest absolute Gasteiger partial charge is 0.184 e. The standard InChI is InChI=1S/C12H13NO/c1-8-6-10-4-5-13(3)11(10)7-9(2)12(8)14/h4-7H,1-3H3. The van der Waals surface area contributed by atoms with E-state index in [-0.39, 0.29) is 5.43 Å². The molecular formula is C12H13NO. The predicted octanol–water partition coefficient (Wildman–Crippen LogP) is 2.16. The van der Waals surface area contributed by atoms with E-state index in [1.807, 2.05) is 49.9 Å². The summed E-state index contributed by atoms with van der Waals surface area (Å²) in [4.78, 5) is 11.7. The van der Waals surface area contributed by atoms with Crippen molar-refractivity contribution in [2.75, 3.05) is 0 Å². The Morgan fingerprint density at radius 3 is 2.50 bits per heavy atom. The van der Waals surface area contributed by atoms with E-state index < -0.39 is 0 Å². The van der Waals surface area contributed by atoms with Crippen LogP contribution >= 0.6 is 0 Å². The van der Waals surface area contributed by atoms with Gasteiger partial charge in [-0.3, -0.25) is 4.79 Å². The first-order chi connectivity index (χ1) is 6.59. The minimum atomic E-state index is 0.140. The minimum absolute atomic E-state index is 0.140. The molecule has 2 aromatic rings. The van der Waals surface area contributed by atoms with Gasteiger partial charge in [-0.25, -0.2) is 0 Å². The number of aromatic nitrogens is 1. The molecule has 0 saturated carbocycles. The molecule has 0 atom stereocenters. The molecule has 0 spiro atoms. The lowest BCUT2D eigenvalue weighted by atomic mass is 10.2. The summed E-state index contributed by atoms with van der Waals surface area (Å²) in [5, 5.41) is 1.12. The molecule has 0 saturated heterocycles. The highest BCUT2D eigenvalue weighted by Gasteiger charge is 2.01. The molecular weight excluding hydrogens is 174 g/mol. The van der Waals surface area contributed by atoms with Crippen LogP contribution in [0.25, 0.3) is 10.9 Å². The summed E-state index contributed by atoms with van der Waals surface area (Å²) in [5.41, 5.74) is 2.86. The average Bonchev–Trinajstić information content (AvgIpc) is 2.43. The molecule has 1 aromatic heterocycles. The van der Waals surface area contributed by atoms with E-state index in [2.05, 4.69) is 0 Å². The van der Waals surface area contributed by atoms with E-state index in [9.17, 15) is 4.79 Å². The summed E-state index contributed by atoms with van der Waals surface area (Å²) >= 11 is 0. The normalized spacial score (nSPS) is 10.8. The quantitative estimate of drug-likeness (QED) is 0.619. The Labute approximate surface area is 82.8 Å². The van der Waals surface area contributed by atoms with Crippen LogP contribution in [0.3, 0.4) is 0 Å². The molecule has 0 aliphatic heterocycles. The Morgan fingerprint density at radius 2 is 1.79 bits per heavy atom. The van der Waals surface area contributed by atoms with E-state index in [0.717, 1.165) is 22.0 Å². The van der Waals surface area contributed by atoms with Crippen molar-refractivity contribution in [1.82, 2.24) is 4.57 Å². The Balaban J connectivity index is 3.04. The number of rotatable bonds is 0. The molecule has 1 aromatic carbocycles. The fourth-order valence-corrected chi connectivity index (χ4v) is 1.75. The number of fused-ring (bicyclic) bond motifs is 1. The Kier molecular flexibility index (Phi) is 1.92. The molecule has 0 bridgehead atoms. The van der Waals surface area contributed by atoms with Crippen molar-refractivity contribution >= 4 is 10.9 Å². The molecule has 0 radical (unpaired) electrons. The van der Waals surface area contributed by atoms with Gasteiger partial charge in [0, 0.05) is 18.8 Å². The number of aryl methyl sites for hydroxylation is 3. The lowest BCUT2D eigenvalue weighted by Crippen LogP contribution is -2.03. The zero-order chi connectivity index (χ0) is 10.3. The Bertz CT molecular complexity index is 552. The molecule has 0 aliphatic carbocycles. The highest BCUT2D eigenvalue weighted by molar-refractivity contribution is 5.80. The van der Waals surface area contributed by atoms with Gasteiger partial charge in [-0.1, -0.05) is 0 Å². The summed E-state index contributed by atoms with van der Waals surface area (Å²) in [5.74, 6) is 0. The van der Waals surface area contributed by atoms with Gasteiger partial charge < -0.3 is 4.57 Å². The van der Waals surface area contributed by atoms with Crippen LogP contribution in [-0.4, -0.2) is 4.57 Å². The van der Waals surface area contributed by atoms with Crippen LogP contribution in [0.15, 0.2) is 29.2 Å². The topological polar surface area (TPSA) is 22.0 Å². The largest absolute Gasteiger partial charge is 0.351 e. The fraction of sp³-hybridized carbons (Fsp3) is 0.250. The van der Waals surface area contributed by atoms with Gasteiger partial charge in [0.05, 0.1) is 0 Å². The molecule has 14 heavy (non-hydrogen) atoms.